The van der Waals surface area contributed by atoms with Crippen molar-refractivity contribution in [3.8, 4) is 0 Å². The Balaban J connectivity index is 2.01. The lowest BCUT2D eigenvalue weighted by Gasteiger charge is -2.28. The second-order valence-corrected chi connectivity index (χ2v) is 6.06. The Morgan fingerprint density at radius 2 is 1.95 bits per heavy atom. The van der Waals surface area contributed by atoms with E-state index in [0.717, 1.165) is 25.6 Å². The molecule has 1 heterocycles. The molecule has 1 saturated heterocycles. The summed E-state index contributed by atoms with van der Waals surface area (Å²) in [5.74, 6) is 0.758. The van der Waals surface area contributed by atoms with Crippen LogP contribution >= 0.6 is 0 Å². The number of likely N-dealkylation sites (N-methyl/N-ethyl adjacent to an activating group) is 1. The standard InChI is InChI=1S/C15H32N2O3/c1-13(2)20-9-8-19-12-15(18)11-17(3)10-14-4-6-16-7-5-14/h13-16,18H,4-12H2,1-3H3. The fourth-order valence-corrected chi connectivity index (χ4v) is 2.55. The number of rotatable bonds is 10. The normalized spacial score (nSPS) is 18.9. The zero-order valence-corrected chi connectivity index (χ0v) is 13.3. The summed E-state index contributed by atoms with van der Waals surface area (Å²) in [4.78, 5) is 2.22. The molecular formula is C15H32N2O3. The molecule has 0 radical (unpaired) electrons. The number of nitrogens with zero attached hydrogens (tertiary/aromatic N) is 1. The van der Waals surface area contributed by atoms with Crippen molar-refractivity contribution in [2.75, 3.05) is 53.0 Å². The first-order valence-corrected chi connectivity index (χ1v) is 7.84. The highest BCUT2D eigenvalue weighted by atomic mass is 16.5. The van der Waals surface area contributed by atoms with Gasteiger partial charge in [0, 0.05) is 13.1 Å². The van der Waals surface area contributed by atoms with Crippen LogP contribution in [-0.4, -0.2) is 75.3 Å². The minimum atomic E-state index is -0.416. The third-order valence-corrected chi connectivity index (χ3v) is 3.54. The molecule has 1 aliphatic rings. The van der Waals surface area contributed by atoms with Crippen molar-refractivity contribution in [3.63, 3.8) is 0 Å². The molecule has 1 aliphatic heterocycles. The molecule has 1 atom stereocenters. The summed E-state index contributed by atoms with van der Waals surface area (Å²) in [6.45, 7) is 9.53. The van der Waals surface area contributed by atoms with Gasteiger partial charge in [-0.25, -0.2) is 0 Å². The summed E-state index contributed by atoms with van der Waals surface area (Å²) in [6, 6.07) is 0. The van der Waals surface area contributed by atoms with Crippen LogP contribution < -0.4 is 5.32 Å². The highest BCUT2D eigenvalue weighted by Gasteiger charge is 2.16. The monoisotopic (exact) mass is 288 g/mol. The van der Waals surface area contributed by atoms with E-state index in [1.165, 1.54) is 12.8 Å². The van der Waals surface area contributed by atoms with Gasteiger partial charge in [0.1, 0.15) is 0 Å². The van der Waals surface area contributed by atoms with E-state index >= 15 is 0 Å². The van der Waals surface area contributed by atoms with Crippen LogP contribution in [0.5, 0.6) is 0 Å². The minimum Gasteiger partial charge on any atom is -0.389 e. The number of nitrogens with one attached hydrogen (secondary N) is 1. The molecule has 0 saturated carbocycles. The van der Waals surface area contributed by atoms with Crippen molar-refractivity contribution in [1.82, 2.24) is 10.2 Å². The predicted molar refractivity (Wildman–Crippen MR) is 81.0 cm³/mol. The third kappa shape index (κ3) is 8.87. The molecule has 5 heteroatoms. The van der Waals surface area contributed by atoms with E-state index < -0.39 is 6.10 Å². The van der Waals surface area contributed by atoms with Crippen molar-refractivity contribution in [1.29, 1.82) is 0 Å². The lowest BCUT2D eigenvalue weighted by molar-refractivity contribution is -0.0179. The minimum absolute atomic E-state index is 0.236. The van der Waals surface area contributed by atoms with Gasteiger partial charge in [0.25, 0.3) is 0 Å². The Kier molecular flexibility index (Phi) is 9.39. The number of aliphatic hydroxyl groups is 1. The quantitative estimate of drug-likeness (QED) is 0.580. The van der Waals surface area contributed by atoms with Crippen molar-refractivity contribution in [2.45, 2.75) is 38.9 Å². The number of piperidine rings is 1. The Bertz CT molecular complexity index is 233. The van der Waals surface area contributed by atoms with Crippen LogP contribution in [0.15, 0.2) is 0 Å². The summed E-state index contributed by atoms with van der Waals surface area (Å²) in [7, 11) is 2.08. The molecule has 0 aromatic rings. The van der Waals surface area contributed by atoms with E-state index in [2.05, 4.69) is 17.3 Å². The molecule has 0 spiro atoms. The molecule has 0 aromatic heterocycles. The average molecular weight is 288 g/mol. The first kappa shape index (κ1) is 17.9. The molecule has 0 bridgehead atoms. The third-order valence-electron chi connectivity index (χ3n) is 3.54. The molecule has 0 aliphatic carbocycles. The fourth-order valence-electron chi connectivity index (χ4n) is 2.55. The summed E-state index contributed by atoms with van der Waals surface area (Å²) in [6.07, 6.45) is 2.30. The maximum Gasteiger partial charge on any atom is 0.0900 e. The lowest BCUT2D eigenvalue weighted by Crippen LogP contribution is -2.38. The maximum absolute atomic E-state index is 9.94. The van der Waals surface area contributed by atoms with Crippen LogP contribution in [0.3, 0.4) is 0 Å². The smallest absolute Gasteiger partial charge is 0.0900 e. The van der Waals surface area contributed by atoms with E-state index in [1.807, 2.05) is 13.8 Å². The van der Waals surface area contributed by atoms with Gasteiger partial charge in [-0.1, -0.05) is 0 Å². The van der Waals surface area contributed by atoms with Crippen LogP contribution in [0, 0.1) is 5.92 Å². The number of aliphatic hydroxyl groups excluding tert-OH is 1. The molecule has 1 fully saturated rings. The number of ether oxygens (including phenoxy) is 2. The van der Waals surface area contributed by atoms with Gasteiger partial charge in [-0.2, -0.15) is 0 Å². The van der Waals surface area contributed by atoms with E-state index in [9.17, 15) is 5.11 Å². The topological polar surface area (TPSA) is 54.0 Å². The highest BCUT2D eigenvalue weighted by molar-refractivity contribution is 4.72. The zero-order valence-electron chi connectivity index (χ0n) is 13.3. The SMILES string of the molecule is CC(C)OCCOCC(O)CN(C)CC1CCNCC1. The second kappa shape index (κ2) is 10.5. The summed E-state index contributed by atoms with van der Waals surface area (Å²) in [5.41, 5.74) is 0. The Labute approximate surface area is 123 Å². The molecule has 120 valence electrons. The van der Waals surface area contributed by atoms with Gasteiger partial charge in [-0.3, -0.25) is 0 Å². The van der Waals surface area contributed by atoms with Gasteiger partial charge in [0.15, 0.2) is 0 Å². The Hall–Kier alpha value is -0.200. The molecule has 20 heavy (non-hydrogen) atoms. The van der Waals surface area contributed by atoms with E-state index in [4.69, 9.17) is 9.47 Å². The van der Waals surface area contributed by atoms with Gasteiger partial charge >= 0.3 is 0 Å². The van der Waals surface area contributed by atoms with Crippen LogP contribution in [0.2, 0.25) is 0 Å². The second-order valence-electron chi connectivity index (χ2n) is 6.06. The molecule has 5 nitrogen and oxygen atoms in total. The van der Waals surface area contributed by atoms with Crippen LogP contribution in [0.25, 0.3) is 0 Å². The highest BCUT2D eigenvalue weighted by Crippen LogP contribution is 2.12. The first-order valence-electron chi connectivity index (χ1n) is 7.84. The van der Waals surface area contributed by atoms with Gasteiger partial charge in [0.2, 0.25) is 0 Å². The largest absolute Gasteiger partial charge is 0.389 e. The van der Waals surface area contributed by atoms with Crippen LogP contribution in [0.4, 0.5) is 0 Å². The predicted octanol–water partition coefficient (Wildman–Crippen LogP) is 0.720. The van der Waals surface area contributed by atoms with Crippen molar-refractivity contribution >= 4 is 0 Å². The molecule has 1 unspecified atom stereocenters. The van der Waals surface area contributed by atoms with Crippen LogP contribution in [-0.2, 0) is 9.47 Å². The molecule has 2 N–H and O–H groups in total. The fraction of sp³-hybridized carbons (Fsp3) is 1.00. The van der Waals surface area contributed by atoms with Gasteiger partial charge in [-0.05, 0) is 52.7 Å². The summed E-state index contributed by atoms with van der Waals surface area (Å²) < 4.78 is 10.8. The van der Waals surface area contributed by atoms with Gasteiger partial charge < -0.3 is 24.8 Å². The molecule has 1 rings (SSSR count). The summed E-state index contributed by atoms with van der Waals surface area (Å²) in [5, 5.41) is 13.3. The van der Waals surface area contributed by atoms with Gasteiger partial charge in [-0.15, -0.1) is 0 Å². The molecule has 0 amide bonds. The van der Waals surface area contributed by atoms with Crippen molar-refractivity contribution in [2.24, 2.45) is 5.92 Å². The van der Waals surface area contributed by atoms with Crippen molar-refractivity contribution in [3.05, 3.63) is 0 Å². The summed E-state index contributed by atoms with van der Waals surface area (Å²) >= 11 is 0. The zero-order chi connectivity index (χ0) is 14.8. The van der Waals surface area contributed by atoms with E-state index in [-0.39, 0.29) is 6.10 Å². The Morgan fingerprint density at radius 3 is 2.60 bits per heavy atom. The van der Waals surface area contributed by atoms with E-state index in [1.54, 1.807) is 0 Å². The lowest BCUT2D eigenvalue weighted by atomic mass is 9.97. The van der Waals surface area contributed by atoms with E-state index in [0.29, 0.717) is 26.4 Å². The molecule has 0 aromatic carbocycles. The van der Waals surface area contributed by atoms with Gasteiger partial charge in [0.05, 0.1) is 32.0 Å². The van der Waals surface area contributed by atoms with Crippen molar-refractivity contribution < 1.29 is 14.6 Å². The van der Waals surface area contributed by atoms with Crippen LogP contribution in [0.1, 0.15) is 26.7 Å². The first-order chi connectivity index (χ1) is 9.58. The maximum atomic E-state index is 9.94. The number of hydrogen-bond donors (Lipinski definition) is 2. The Morgan fingerprint density at radius 1 is 1.25 bits per heavy atom. The average Bonchev–Trinajstić information content (AvgIpc) is 2.38. The molecular weight excluding hydrogens is 256 g/mol. The number of hydrogen-bond acceptors (Lipinski definition) is 5.